The number of hydrogen-bond acceptors (Lipinski definition) is 5. The van der Waals surface area contributed by atoms with Gasteiger partial charge in [0.25, 0.3) is 0 Å². The third-order valence-electron chi connectivity index (χ3n) is 3.16. The Morgan fingerprint density at radius 2 is 2.35 bits per heavy atom. The number of nitrogens with two attached hydrogens (primary N) is 1. The number of carbonyl (C=O) groups is 1. The standard InChI is InChI=1S/C11H18N4O2/c1-2-17-11(16)10-9(6-12)15(14-13-10)7-8-4-3-5-8/h8H,2-7,12H2,1H3. The Labute approximate surface area is 100 Å². The number of aromatic nitrogens is 3. The molecule has 1 aliphatic carbocycles. The van der Waals surface area contributed by atoms with E-state index in [-0.39, 0.29) is 12.2 Å². The number of hydrogen-bond donors (Lipinski definition) is 1. The van der Waals surface area contributed by atoms with Crippen LogP contribution in [-0.4, -0.2) is 27.6 Å². The van der Waals surface area contributed by atoms with Gasteiger partial charge in [0.2, 0.25) is 0 Å². The minimum atomic E-state index is -0.437. The fraction of sp³-hybridized carbons (Fsp3) is 0.727. The van der Waals surface area contributed by atoms with E-state index in [2.05, 4.69) is 10.3 Å². The first-order valence-electron chi connectivity index (χ1n) is 6.05. The van der Waals surface area contributed by atoms with Crippen LogP contribution < -0.4 is 5.73 Å². The molecule has 0 aromatic carbocycles. The van der Waals surface area contributed by atoms with Gasteiger partial charge in [0.15, 0.2) is 5.69 Å². The molecule has 2 rings (SSSR count). The lowest BCUT2D eigenvalue weighted by atomic mass is 9.85. The Kier molecular flexibility index (Phi) is 3.73. The van der Waals surface area contributed by atoms with Gasteiger partial charge in [0.05, 0.1) is 12.3 Å². The van der Waals surface area contributed by atoms with Gasteiger partial charge < -0.3 is 10.5 Å². The minimum absolute atomic E-state index is 0.258. The topological polar surface area (TPSA) is 83.0 Å². The fourth-order valence-corrected chi connectivity index (χ4v) is 1.96. The molecule has 94 valence electrons. The van der Waals surface area contributed by atoms with E-state index in [9.17, 15) is 4.79 Å². The molecule has 6 nitrogen and oxygen atoms in total. The lowest BCUT2D eigenvalue weighted by Gasteiger charge is -2.25. The summed E-state index contributed by atoms with van der Waals surface area (Å²) in [5.74, 6) is 0.213. The van der Waals surface area contributed by atoms with Crippen molar-refractivity contribution in [1.82, 2.24) is 15.0 Å². The van der Waals surface area contributed by atoms with Crippen LogP contribution >= 0.6 is 0 Å². The highest BCUT2D eigenvalue weighted by molar-refractivity contribution is 5.88. The molecular weight excluding hydrogens is 220 g/mol. The molecule has 6 heteroatoms. The maximum Gasteiger partial charge on any atom is 0.360 e. The van der Waals surface area contributed by atoms with Gasteiger partial charge in [-0.05, 0) is 25.7 Å². The molecular formula is C11H18N4O2. The maximum atomic E-state index is 11.6. The van der Waals surface area contributed by atoms with Gasteiger partial charge >= 0.3 is 5.97 Å². The second-order valence-corrected chi connectivity index (χ2v) is 4.29. The highest BCUT2D eigenvalue weighted by Crippen LogP contribution is 2.28. The van der Waals surface area contributed by atoms with Gasteiger partial charge in [-0.3, -0.25) is 0 Å². The Morgan fingerprint density at radius 3 is 2.88 bits per heavy atom. The summed E-state index contributed by atoms with van der Waals surface area (Å²) in [4.78, 5) is 11.6. The lowest BCUT2D eigenvalue weighted by molar-refractivity contribution is 0.0518. The Balaban J connectivity index is 2.13. The molecule has 1 aromatic heterocycles. The molecule has 1 saturated carbocycles. The Morgan fingerprint density at radius 1 is 1.59 bits per heavy atom. The molecule has 0 aliphatic heterocycles. The molecule has 2 N–H and O–H groups in total. The number of rotatable bonds is 5. The van der Waals surface area contributed by atoms with Crippen molar-refractivity contribution in [2.75, 3.05) is 6.61 Å². The van der Waals surface area contributed by atoms with Crippen LogP contribution in [0.5, 0.6) is 0 Å². The summed E-state index contributed by atoms with van der Waals surface area (Å²) < 4.78 is 6.66. The van der Waals surface area contributed by atoms with Gasteiger partial charge in [0, 0.05) is 13.1 Å². The zero-order chi connectivity index (χ0) is 12.3. The molecule has 1 fully saturated rings. The molecule has 17 heavy (non-hydrogen) atoms. The molecule has 0 unspecified atom stereocenters. The summed E-state index contributed by atoms with van der Waals surface area (Å²) >= 11 is 0. The van der Waals surface area contributed by atoms with Gasteiger partial charge in [0.1, 0.15) is 0 Å². The maximum absolute atomic E-state index is 11.6. The molecule has 1 heterocycles. The highest BCUT2D eigenvalue weighted by atomic mass is 16.5. The zero-order valence-corrected chi connectivity index (χ0v) is 10.1. The van der Waals surface area contributed by atoms with Crippen LogP contribution in [0.15, 0.2) is 0 Å². The van der Waals surface area contributed by atoms with E-state index >= 15 is 0 Å². The van der Waals surface area contributed by atoms with Crippen LogP contribution in [0.3, 0.4) is 0 Å². The number of carbonyl (C=O) groups excluding carboxylic acids is 1. The van der Waals surface area contributed by atoms with Gasteiger partial charge in [-0.2, -0.15) is 0 Å². The van der Waals surface area contributed by atoms with Crippen molar-refractivity contribution in [2.45, 2.75) is 39.3 Å². The van der Waals surface area contributed by atoms with E-state index in [4.69, 9.17) is 10.5 Å². The molecule has 0 atom stereocenters. The number of nitrogens with zero attached hydrogens (tertiary/aromatic N) is 3. The predicted molar refractivity (Wildman–Crippen MR) is 61.2 cm³/mol. The van der Waals surface area contributed by atoms with E-state index in [1.807, 2.05) is 0 Å². The van der Waals surface area contributed by atoms with E-state index in [0.29, 0.717) is 18.2 Å². The van der Waals surface area contributed by atoms with Crippen LogP contribution in [0.4, 0.5) is 0 Å². The highest BCUT2D eigenvalue weighted by Gasteiger charge is 2.23. The SMILES string of the molecule is CCOC(=O)c1nnn(CC2CCC2)c1CN. The first kappa shape index (κ1) is 12.0. The van der Waals surface area contributed by atoms with Crippen LogP contribution in [0, 0.1) is 5.92 Å². The van der Waals surface area contributed by atoms with Gasteiger partial charge in [-0.25, -0.2) is 9.48 Å². The summed E-state index contributed by atoms with van der Waals surface area (Å²) in [6.45, 7) is 3.16. The van der Waals surface area contributed by atoms with E-state index in [0.717, 1.165) is 6.54 Å². The van der Waals surface area contributed by atoms with Crippen molar-refractivity contribution in [2.24, 2.45) is 11.7 Å². The summed E-state index contributed by atoms with van der Waals surface area (Å²) in [5, 5.41) is 7.87. The number of esters is 1. The average molecular weight is 238 g/mol. The van der Waals surface area contributed by atoms with Crippen molar-refractivity contribution in [3.05, 3.63) is 11.4 Å². The van der Waals surface area contributed by atoms with Crippen molar-refractivity contribution in [3.8, 4) is 0 Å². The first-order valence-corrected chi connectivity index (χ1v) is 6.05. The summed E-state index contributed by atoms with van der Waals surface area (Å²) in [6.07, 6.45) is 3.72. The minimum Gasteiger partial charge on any atom is -0.461 e. The summed E-state index contributed by atoms with van der Waals surface area (Å²) in [5.41, 5.74) is 6.59. The monoisotopic (exact) mass is 238 g/mol. The second kappa shape index (κ2) is 5.27. The normalized spacial score (nSPS) is 15.6. The smallest absolute Gasteiger partial charge is 0.360 e. The van der Waals surface area contributed by atoms with Crippen LogP contribution in [-0.2, 0) is 17.8 Å². The molecule has 0 bridgehead atoms. The van der Waals surface area contributed by atoms with E-state index < -0.39 is 5.97 Å². The third kappa shape index (κ3) is 2.46. The summed E-state index contributed by atoms with van der Waals surface area (Å²) in [6, 6.07) is 0. The number of ether oxygens (including phenoxy) is 1. The van der Waals surface area contributed by atoms with Crippen molar-refractivity contribution >= 4 is 5.97 Å². The first-order chi connectivity index (χ1) is 8.26. The molecule has 0 radical (unpaired) electrons. The average Bonchev–Trinajstić information content (AvgIpc) is 2.66. The van der Waals surface area contributed by atoms with Gasteiger partial charge in [-0.15, -0.1) is 5.10 Å². The Bertz CT molecular complexity index is 398. The largest absolute Gasteiger partial charge is 0.461 e. The van der Waals surface area contributed by atoms with Crippen molar-refractivity contribution in [1.29, 1.82) is 0 Å². The molecule has 0 amide bonds. The lowest BCUT2D eigenvalue weighted by Crippen LogP contribution is -2.22. The van der Waals surface area contributed by atoms with Crippen molar-refractivity contribution < 1.29 is 9.53 Å². The fourth-order valence-electron chi connectivity index (χ4n) is 1.96. The van der Waals surface area contributed by atoms with Crippen LogP contribution in [0.1, 0.15) is 42.4 Å². The van der Waals surface area contributed by atoms with Crippen LogP contribution in [0.2, 0.25) is 0 Å². The second-order valence-electron chi connectivity index (χ2n) is 4.29. The quantitative estimate of drug-likeness (QED) is 0.764. The third-order valence-corrected chi connectivity index (χ3v) is 3.16. The van der Waals surface area contributed by atoms with Crippen LogP contribution in [0.25, 0.3) is 0 Å². The molecule has 1 aliphatic rings. The molecule has 0 saturated heterocycles. The van der Waals surface area contributed by atoms with E-state index in [1.54, 1.807) is 11.6 Å². The zero-order valence-electron chi connectivity index (χ0n) is 10.1. The van der Waals surface area contributed by atoms with Gasteiger partial charge in [-0.1, -0.05) is 11.6 Å². The Hall–Kier alpha value is -1.43. The predicted octanol–water partition coefficient (Wildman–Crippen LogP) is 0.714. The van der Waals surface area contributed by atoms with Crippen molar-refractivity contribution in [3.63, 3.8) is 0 Å². The molecule has 1 aromatic rings. The molecule has 0 spiro atoms. The van der Waals surface area contributed by atoms with E-state index in [1.165, 1.54) is 19.3 Å². The summed E-state index contributed by atoms with van der Waals surface area (Å²) in [7, 11) is 0.